The highest BCUT2D eigenvalue weighted by molar-refractivity contribution is 9.10. The van der Waals surface area contributed by atoms with Crippen LogP contribution in [-0.4, -0.2) is 170 Å². The monoisotopic (exact) mass is 1510 g/mol. The van der Waals surface area contributed by atoms with Gasteiger partial charge >= 0.3 is 17.9 Å². The summed E-state index contributed by atoms with van der Waals surface area (Å²) in [5, 5.41) is 52.0. The molecule has 0 aliphatic rings. The molecular formula is C73H115BrN12O17. The smallest absolute Gasteiger partial charge is 0.331 e. The molecule has 0 unspecified atom stereocenters. The maximum Gasteiger partial charge on any atom is 0.331 e. The quantitative estimate of drug-likeness (QED) is 0.0412. The van der Waals surface area contributed by atoms with Crippen LogP contribution in [0, 0.1) is 29.6 Å². The third-order valence-corrected chi connectivity index (χ3v) is 16.8. The molecular weight excluding hydrogens is 1400 g/mol. The molecule has 2 aromatic rings. The zero-order chi connectivity index (χ0) is 78.7. The fourth-order valence-electron chi connectivity index (χ4n) is 10.6. The number of aliphatic carboxylic acids is 2. The van der Waals surface area contributed by atoms with Crippen LogP contribution < -0.4 is 63.8 Å². The van der Waals surface area contributed by atoms with Gasteiger partial charge in [0.05, 0.1) is 19.1 Å². The number of nitrogens with one attached hydrogen (secondary N) is 12. The van der Waals surface area contributed by atoms with Crippen molar-refractivity contribution in [3.05, 3.63) is 70.2 Å². The third-order valence-electron chi connectivity index (χ3n) is 16.3. The molecule has 576 valence electrons. The molecule has 14 N–H and O–H groups in total. The number of esters is 1. The Morgan fingerprint density at radius 2 is 0.718 bits per heavy atom. The summed E-state index contributed by atoms with van der Waals surface area (Å²) in [6.45, 7) is 31.3. The molecule has 0 radical (unpaired) electrons. The number of carbonyl (C=O) groups excluding carboxylic acids is 12. The zero-order valence-corrected chi connectivity index (χ0v) is 65.0. The van der Waals surface area contributed by atoms with Crippen LogP contribution in [0.3, 0.4) is 0 Å². The number of carboxylic acid groups (broad SMARTS) is 2. The van der Waals surface area contributed by atoms with Gasteiger partial charge in [-0.2, -0.15) is 0 Å². The van der Waals surface area contributed by atoms with Crippen molar-refractivity contribution >= 4 is 98.8 Å². The maximum absolute atomic E-state index is 14.7. The molecule has 2 aromatic carbocycles. The molecule has 0 aromatic heterocycles. The normalized spacial score (nSPS) is 14.3. The summed E-state index contributed by atoms with van der Waals surface area (Å²) in [5.41, 5.74) is -5.28. The topological polar surface area (TPSA) is 433 Å². The van der Waals surface area contributed by atoms with Crippen LogP contribution in [0.4, 0.5) is 0 Å². The summed E-state index contributed by atoms with van der Waals surface area (Å²) in [6, 6.07) is 4.62. The number of benzene rings is 2. The summed E-state index contributed by atoms with van der Waals surface area (Å²) in [5.74, 6) is -14.0. The number of rotatable bonds is 44. The Morgan fingerprint density at radius 1 is 0.388 bits per heavy atom. The van der Waals surface area contributed by atoms with Crippen LogP contribution in [0.15, 0.2) is 59.1 Å². The minimum Gasteiger partial charge on any atom is -0.481 e. The number of carboxylic acids is 2. The van der Waals surface area contributed by atoms with E-state index in [1.54, 1.807) is 78.8 Å². The van der Waals surface area contributed by atoms with E-state index in [0.29, 0.717) is 18.5 Å². The van der Waals surface area contributed by atoms with Crippen molar-refractivity contribution in [1.29, 1.82) is 0 Å². The van der Waals surface area contributed by atoms with E-state index in [1.807, 2.05) is 52.0 Å². The van der Waals surface area contributed by atoms with E-state index in [2.05, 4.69) is 79.7 Å². The summed E-state index contributed by atoms with van der Waals surface area (Å²) in [7, 11) is 0. The van der Waals surface area contributed by atoms with Gasteiger partial charge in [0.25, 0.3) is 0 Å². The Kier molecular flexibility index (Phi) is 36.6. The molecule has 103 heavy (non-hydrogen) atoms. The first-order chi connectivity index (χ1) is 47.6. The van der Waals surface area contributed by atoms with E-state index in [1.165, 1.54) is 55.4 Å². The number of amides is 11. The molecule has 2 rings (SSSR count). The lowest BCUT2D eigenvalue weighted by molar-refractivity contribution is -0.152. The summed E-state index contributed by atoms with van der Waals surface area (Å²) in [4.78, 5) is 193. The fraction of sp³-hybridized carbons (Fsp3) is 0.644. The standard InChI is InChI=1S/C73H115BrN12O17/c1-20-103-69(102)73(18,19)86-65(98)53(36-44(10)11)81-67(100)71(14,15)84-63(96)51(34-42(6)7)78-58(91)48(30-31-56(87)88)76-59(92)50(33-41(4)5)77-60(93)54(37-45-24-22-21-23-25-45)79-61(94)55(38-57(89)90)82-68(101)72(16,17)85-64(97)52(35-43(8)9)80-66(99)70(12,13)83-62(95)49(32-40(2)3)75-39-46-26-28-47(74)29-27-46/h21-29,40-44,48-55,75H,20,30-39H2,1-19H3,(H,76,92)(H,77,93)(H,78,91)(H,79,94)(H,80,99)(H,81,100)(H,82,101)(H,83,95)(H,84,96)(H,85,97)(H,86,98)(H,87,88)(H,89,90)/t48-,49-,50-,51-,52-,53-,54-,55-/m0/s1. The van der Waals surface area contributed by atoms with Gasteiger partial charge in [0.1, 0.15) is 64.4 Å². The second-order valence-electron chi connectivity index (χ2n) is 30.4. The van der Waals surface area contributed by atoms with Crippen molar-refractivity contribution in [3.8, 4) is 0 Å². The van der Waals surface area contributed by atoms with E-state index in [9.17, 15) is 77.3 Å². The predicted molar refractivity (Wildman–Crippen MR) is 390 cm³/mol. The Bertz CT molecular complexity index is 3250. The Labute approximate surface area is 614 Å². The van der Waals surface area contributed by atoms with Crippen LogP contribution in [-0.2, 0) is 84.8 Å². The lowest BCUT2D eigenvalue weighted by Gasteiger charge is -2.33. The van der Waals surface area contributed by atoms with Crippen LogP contribution in [0.5, 0.6) is 0 Å². The molecule has 0 saturated carbocycles. The van der Waals surface area contributed by atoms with Crippen molar-refractivity contribution in [2.45, 2.75) is 266 Å². The molecule has 30 heteroatoms. The molecule has 0 aliphatic heterocycles. The minimum absolute atomic E-state index is 0.0292. The van der Waals surface area contributed by atoms with Crippen molar-refractivity contribution in [3.63, 3.8) is 0 Å². The number of hydrogen-bond acceptors (Lipinski definition) is 16. The van der Waals surface area contributed by atoms with Crippen LogP contribution >= 0.6 is 15.9 Å². The van der Waals surface area contributed by atoms with Crippen molar-refractivity contribution in [1.82, 2.24) is 63.8 Å². The highest BCUT2D eigenvalue weighted by atomic mass is 79.9. The molecule has 11 amide bonds. The van der Waals surface area contributed by atoms with E-state index >= 15 is 0 Å². The Balaban J connectivity index is 2.46. The van der Waals surface area contributed by atoms with Crippen LogP contribution in [0.2, 0.25) is 0 Å². The van der Waals surface area contributed by atoms with Gasteiger partial charge in [-0.3, -0.25) is 62.3 Å². The van der Waals surface area contributed by atoms with E-state index in [-0.39, 0.29) is 68.3 Å². The number of carbonyl (C=O) groups is 14. The molecule has 0 fully saturated rings. The van der Waals surface area contributed by atoms with Crippen LogP contribution in [0.25, 0.3) is 0 Å². The van der Waals surface area contributed by atoms with E-state index < -0.39 is 173 Å². The largest absolute Gasteiger partial charge is 0.481 e. The summed E-state index contributed by atoms with van der Waals surface area (Å²) in [6.07, 6.45) is -1.97. The van der Waals surface area contributed by atoms with Crippen molar-refractivity contribution in [2.24, 2.45) is 29.6 Å². The Morgan fingerprint density at radius 3 is 1.12 bits per heavy atom. The highest BCUT2D eigenvalue weighted by Crippen LogP contribution is 2.19. The first-order valence-corrected chi connectivity index (χ1v) is 35.9. The van der Waals surface area contributed by atoms with Gasteiger partial charge in [-0.1, -0.05) is 128 Å². The second kappa shape index (κ2) is 41.7. The first-order valence-electron chi connectivity index (χ1n) is 35.1. The SMILES string of the molecule is CCOC(=O)C(C)(C)NC(=O)[C@H](CC(C)C)NC(=O)C(C)(C)NC(=O)[C@H](CC(C)C)NC(=O)[C@H](CCC(=O)O)NC(=O)[C@H](CC(C)C)NC(=O)[C@H](Cc1ccccc1)NC(=O)[C@H](CC(=O)O)NC(=O)C(C)(C)NC(=O)[C@H](CC(C)C)NC(=O)C(C)(C)NC(=O)[C@H](CC(C)C)NCc1ccc(Br)cc1. The van der Waals surface area contributed by atoms with Crippen LogP contribution in [0.1, 0.15) is 194 Å². The van der Waals surface area contributed by atoms with E-state index in [0.717, 1.165) is 10.0 Å². The van der Waals surface area contributed by atoms with Gasteiger partial charge < -0.3 is 78.8 Å². The lowest BCUT2D eigenvalue weighted by atomic mass is 9.96. The molecule has 0 bridgehead atoms. The molecule has 0 heterocycles. The molecule has 0 spiro atoms. The van der Waals surface area contributed by atoms with Gasteiger partial charge in [0.15, 0.2) is 0 Å². The summed E-state index contributed by atoms with van der Waals surface area (Å²) < 4.78 is 5.99. The second-order valence-corrected chi connectivity index (χ2v) is 31.3. The molecule has 8 atom stereocenters. The molecule has 0 saturated heterocycles. The first kappa shape index (κ1) is 90.5. The van der Waals surface area contributed by atoms with Gasteiger partial charge in [-0.05, 0) is 154 Å². The van der Waals surface area contributed by atoms with Gasteiger partial charge in [-0.15, -0.1) is 0 Å². The average molecular weight is 1510 g/mol. The van der Waals surface area contributed by atoms with Crippen molar-refractivity contribution < 1.29 is 82.1 Å². The average Bonchev–Trinajstić information content (AvgIpc) is 0.842. The highest BCUT2D eigenvalue weighted by Gasteiger charge is 2.42. The molecule has 29 nitrogen and oxygen atoms in total. The fourth-order valence-corrected chi connectivity index (χ4v) is 10.9. The maximum atomic E-state index is 14.7. The minimum atomic E-state index is -1.91. The number of ether oxygens (including phenoxy) is 1. The van der Waals surface area contributed by atoms with E-state index in [4.69, 9.17) is 4.74 Å². The predicted octanol–water partition coefficient (Wildman–Crippen LogP) is 4.26. The third kappa shape index (κ3) is 32.8. The Hall–Kier alpha value is -8.54. The lowest BCUT2D eigenvalue weighted by Crippen LogP contribution is -2.64. The van der Waals surface area contributed by atoms with Gasteiger partial charge in [0, 0.05) is 23.9 Å². The van der Waals surface area contributed by atoms with Crippen molar-refractivity contribution in [2.75, 3.05) is 6.61 Å². The summed E-state index contributed by atoms with van der Waals surface area (Å²) >= 11 is 3.42. The molecule has 0 aliphatic carbocycles. The zero-order valence-electron chi connectivity index (χ0n) is 63.4. The van der Waals surface area contributed by atoms with Gasteiger partial charge in [-0.25, -0.2) is 4.79 Å². The number of hydrogen-bond donors (Lipinski definition) is 14. The van der Waals surface area contributed by atoms with Gasteiger partial charge in [0.2, 0.25) is 65.0 Å². The number of halogens is 1.